The Kier molecular flexibility index (Phi) is 10.6. The first-order valence-electron chi connectivity index (χ1n) is 15.5. The quantitative estimate of drug-likeness (QED) is 0.281. The van der Waals surface area contributed by atoms with Crippen molar-refractivity contribution in [2.45, 2.75) is 95.1 Å². The van der Waals surface area contributed by atoms with Crippen LogP contribution in [0.1, 0.15) is 104 Å². The summed E-state index contributed by atoms with van der Waals surface area (Å²) in [5, 5.41) is 2.93. The molecule has 1 aromatic carbocycles. The van der Waals surface area contributed by atoms with Gasteiger partial charge in [0.1, 0.15) is 6.26 Å². The van der Waals surface area contributed by atoms with E-state index in [-0.39, 0.29) is 30.9 Å². The zero-order chi connectivity index (χ0) is 32.0. The number of nitrogens with one attached hydrogen (secondary N) is 2. The number of carbonyl (C=O) groups excluding carboxylic acids is 2. The Labute approximate surface area is 260 Å². The maximum Gasteiger partial charge on any atom is 0.516 e. The first-order chi connectivity index (χ1) is 21.5. The lowest BCUT2D eigenvalue weighted by molar-refractivity contribution is -0.120. The number of halogens is 3. The number of nitrogens with zero attached hydrogens (tertiary/aromatic N) is 2. The molecule has 0 bridgehead atoms. The van der Waals surface area contributed by atoms with Crippen LogP contribution in [0.3, 0.4) is 0 Å². The summed E-state index contributed by atoms with van der Waals surface area (Å²) in [5.41, 5.74) is -4.05. The van der Waals surface area contributed by atoms with Gasteiger partial charge in [-0.3, -0.25) is 14.5 Å². The number of hydrogen-bond donors (Lipinski definition) is 2. The molecule has 3 heterocycles. The number of sulfonamides is 1. The number of ether oxygens (including phenoxy) is 2. The summed E-state index contributed by atoms with van der Waals surface area (Å²) in [7, 11) is -5.79. The van der Waals surface area contributed by atoms with E-state index in [1.54, 1.807) is 12.1 Å². The fraction of sp³-hybridized carbons (Fsp3) is 0.633. The fourth-order valence-corrected chi connectivity index (χ4v) is 6.82. The summed E-state index contributed by atoms with van der Waals surface area (Å²) in [6, 6.07) is 3.18. The van der Waals surface area contributed by atoms with Gasteiger partial charge in [-0.1, -0.05) is 44.9 Å². The van der Waals surface area contributed by atoms with Crippen molar-refractivity contribution in [3.8, 4) is 11.5 Å². The van der Waals surface area contributed by atoms with Gasteiger partial charge >= 0.3 is 15.5 Å². The van der Waals surface area contributed by atoms with E-state index < -0.39 is 27.9 Å². The van der Waals surface area contributed by atoms with Gasteiger partial charge in [0.25, 0.3) is 5.91 Å². The second-order valence-corrected chi connectivity index (χ2v) is 13.6. The number of oxazole rings is 1. The van der Waals surface area contributed by atoms with Crippen LogP contribution in [0.25, 0.3) is 0 Å². The van der Waals surface area contributed by atoms with Gasteiger partial charge in [-0.2, -0.15) is 21.6 Å². The van der Waals surface area contributed by atoms with Crippen LogP contribution < -0.4 is 19.5 Å². The van der Waals surface area contributed by atoms with Gasteiger partial charge < -0.3 is 19.2 Å². The van der Waals surface area contributed by atoms with Gasteiger partial charge in [-0.25, -0.2) is 9.71 Å². The molecule has 2 aromatic rings. The lowest BCUT2D eigenvalue weighted by atomic mass is 9.86. The molecule has 3 aliphatic rings. The number of fused-ring (bicyclic) bond motifs is 1. The number of benzene rings is 1. The number of rotatable bonds is 13. The monoisotopic (exact) mass is 656 g/mol. The Morgan fingerprint density at radius 2 is 1.73 bits per heavy atom. The van der Waals surface area contributed by atoms with Crippen molar-refractivity contribution in [1.29, 1.82) is 0 Å². The lowest BCUT2D eigenvalue weighted by Crippen LogP contribution is -2.40. The summed E-state index contributed by atoms with van der Waals surface area (Å²) < 4.78 is 78.5. The second-order valence-electron chi connectivity index (χ2n) is 11.9. The molecule has 2 amide bonds. The molecule has 248 valence electrons. The van der Waals surface area contributed by atoms with Gasteiger partial charge in [0.05, 0.1) is 6.04 Å². The Balaban J connectivity index is 1.18. The molecule has 15 heteroatoms. The van der Waals surface area contributed by atoms with Crippen LogP contribution in [-0.4, -0.2) is 55.5 Å². The molecule has 1 aromatic heterocycles. The van der Waals surface area contributed by atoms with Crippen LogP contribution in [0, 0.1) is 5.92 Å². The van der Waals surface area contributed by atoms with Crippen molar-refractivity contribution < 1.29 is 45.1 Å². The number of alkyl halides is 3. The predicted molar refractivity (Wildman–Crippen MR) is 156 cm³/mol. The van der Waals surface area contributed by atoms with Crippen LogP contribution in [0.2, 0.25) is 0 Å². The molecule has 5 rings (SSSR count). The molecular weight excluding hydrogens is 617 g/mol. The maximum absolute atomic E-state index is 12.7. The minimum Gasteiger partial charge on any atom is -0.454 e. The van der Waals surface area contributed by atoms with E-state index in [2.05, 4.69) is 15.2 Å². The molecule has 2 fully saturated rings. The van der Waals surface area contributed by atoms with E-state index in [1.807, 2.05) is 0 Å². The van der Waals surface area contributed by atoms with Gasteiger partial charge in [-0.15, -0.1) is 0 Å². The minimum atomic E-state index is -5.79. The lowest BCUT2D eigenvalue weighted by Gasteiger charge is -2.23. The zero-order valence-electron chi connectivity index (χ0n) is 25.0. The third kappa shape index (κ3) is 8.48. The molecule has 1 saturated carbocycles. The fourth-order valence-electron chi connectivity index (χ4n) is 6.30. The van der Waals surface area contributed by atoms with Crippen molar-refractivity contribution in [2.24, 2.45) is 5.92 Å². The molecule has 0 unspecified atom stereocenters. The molecule has 1 aliphatic carbocycles. The smallest absolute Gasteiger partial charge is 0.454 e. The highest BCUT2D eigenvalue weighted by Gasteiger charge is 2.47. The second kappa shape index (κ2) is 14.4. The zero-order valence-corrected chi connectivity index (χ0v) is 25.8. The first kappa shape index (κ1) is 33.0. The Bertz CT molecular complexity index is 1460. The van der Waals surface area contributed by atoms with Gasteiger partial charge in [0.2, 0.25) is 18.6 Å². The Hall–Kier alpha value is -3.33. The first-order valence-corrected chi connectivity index (χ1v) is 17.0. The van der Waals surface area contributed by atoms with Crippen molar-refractivity contribution >= 4 is 21.8 Å². The molecule has 2 N–H and O–H groups in total. The normalized spacial score (nSPS) is 19.1. The van der Waals surface area contributed by atoms with Crippen LogP contribution in [-0.2, 0) is 27.8 Å². The Morgan fingerprint density at radius 1 is 1.00 bits per heavy atom. The highest BCUT2D eigenvalue weighted by Crippen LogP contribution is 2.38. The minimum absolute atomic E-state index is 0.00342. The number of aromatic nitrogens is 1. The van der Waals surface area contributed by atoms with E-state index in [0.717, 1.165) is 41.9 Å². The standard InChI is InChI=1S/C30H39F3N4O7S/c31-30(32,33)45(40,41)36-27(38)12-11-21-15-25-26(44-19-43-25)16-22(21)17-37-14-6-10-24(37)29-35-23(18-42-29)28(39)34-13-5-4-9-20-7-2-1-3-8-20/h15-16,18,20,24H,1-14,17,19H2,(H,34,39)(H,36,38)/t24-/m0/s1. The summed E-state index contributed by atoms with van der Waals surface area (Å²) in [4.78, 5) is 31.4. The van der Waals surface area contributed by atoms with Crippen molar-refractivity contribution in [3.63, 3.8) is 0 Å². The SMILES string of the molecule is O=C(CCc1cc2c(cc1CN1CCC[C@H]1c1nc(C(=O)NCCCCC3CCCCC3)co1)OCO2)NS(=O)(=O)C(F)(F)F. The Morgan fingerprint density at radius 3 is 2.47 bits per heavy atom. The van der Waals surface area contributed by atoms with E-state index >= 15 is 0 Å². The molecule has 0 radical (unpaired) electrons. The number of aryl methyl sites for hydroxylation is 1. The molecular formula is C30H39F3N4O7S. The van der Waals surface area contributed by atoms with Crippen molar-refractivity contribution in [1.82, 2.24) is 19.9 Å². The third-order valence-corrected chi connectivity index (χ3v) is 9.80. The van der Waals surface area contributed by atoms with E-state index in [9.17, 15) is 31.2 Å². The van der Waals surface area contributed by atoms with Crippen LogP contribution in [0.4, 0.5) is 13.2 Å². The van der Waals surface area contributed by atoms with E-state index in [0.29, 0.717) is 42.6 Å². The molecule has 2 aliphatic heterocycles. The number of unbranched alkanes of at least 4 members (excludes halogenated alkanes) is 1. The van der Waals surface area contributed by atoms with Crippen molar-refractivity contribution in [3.05, 3.63) is 41.1 Å². The van der Waals surface area contributed by atoms with E-state index in [4.69, 9.17) is 13.9 Å². The number of hydrogen-bond acceptors (Lipinski definition) is 9. The van der Waals surface area contributed by atoms with Crippen LogP contribution in [0.5, 0.6) is 11.5 Å². The average Bonchev–Trinajstić information content (AvgIpc) is 3.76. The average molecular weight is 657 g/mol. The van der Waals surface area contributed by atoms with Crippen LogP contribution in [0.15, 0.2) is 22.8 Å². The maximum atomic E-state index is 12.7. The highest BCUT2D eigenvalue weighted by atomic mass is 32.2. The largest absolute Gasteiger partial charge is 0.516 e. The van der Waals surface area contributed by atoms with E-state index in [1.165, 1.54) is 44.8 Å². The molecule has 1 atom stereocenters. The summed E-state index contributed by atoms with van der Waals surface area (Å²) >= 11 is 0. The molecule has 0 spiro atoms. The molecule has 11 nitrogen and oxygen atoms in total. The van der Waals surface area contributed by atoms with Gasteiger partial charge in [-0.05, 0) is 61.4 Å². The van der Waals surface area contributed by atoms with Crippen molar-refractivity contribution in [2.75, 3.05) is 19.9 Å². The predicted octanol–water partition coefficient (Wildman–Crippen LogP) is 5.12. The van der Waals surface area contributed by atoms with Crippen LogP contribution >= 0.6 is 0 Å². The summed E-state index contributed by atoms with van der Waals surface area (Å²) in [6.45, 7) is 1.63. The third-order valence-electron chi connectivity index (χ3n) is 8.70. The number of amides is 2. The summed E-state index contributed by atoms with van der Waals surface area (Å²) in [5.74, 6) is 0.585. The van der Waals surface area contributed by atoms with Gasteiger partial charge in [0, 0.05) is 19.5 Å². The van der Waals surface area contributed by atoms with Gasteiger partial charge in [0.15, 0.2) is 17.2 Å². The molecule has 1 saturated heterocycles. The number of carbonyl (C=O) groups is 2. The summed E-state index contributed by atoms with van der Waals surface area (Å²) in [6.07, 6.45) is 12.3. The number of likely N-dealkylation sites (tertiary alicyclic amines) is 1. The topological polar surface area (TPSA) is 140 Å². The molecule has 45 heavy (non-hydrogen) atoms. The highest BCUT2D eigenvalue weighted by molar-refractivity contribution is 7.90.